The van der Waals surface area contributed by atoms with E-state index in [0.29, 0.717) is 12.1 Å². The second kappa shape index (κ2) is 6.26. The third-order valence-corrected chi connectivity index (χ3v) is 3.48. The van der Waals surface area contributed by atoms with Crippen molar-refractivity contribution in [2.75, 3.05) is 24.3 Å². The summed E-state index contributed by atoms with van der Waals surface area (Å²) in [6, 6.07) is 13.2. The maximum Gasteiger partial charge on any atom is 0.272 e. The maximum atomic E-state index is 10.9. The number of nitro groups is 1. The average molecular weight is 285 g/mol. The fraction of sp³-hybridized carbons (Fsp3) is 0.250. The molecule has 0 aliphatic carbocycles. The van der Waals surface area contributed by atoms with Crippen molar-refractivity contribution in [2.45, 2.75) is 13.5 Å². The first-order valence-electron chi connectivity index (χ1n) is 6.73. The van der Waals surface area contributed by atoms with E-state index in [0.717, 1.165) is 16.9 Å². The van der Waals surface area contributed by atoms with Crippen LogP contribution in [-0.4, -0.2) is 19.0 Å². The van der Waals surface area contributed by atoms with E-state index < -0.39 is 0 Å². The van der Waals surface area contributed by atoms with Gasteiger partial charge in [0.15, 0.2) is 0 Å². The SMILES string of the molecule is Cc1c(CNc2ccc(N(C)C)cc2)cccc1[N+](=O)[O-]. The molecule has 1 N–H and O–H groups in total. The standard InChI is InChI=1S/C16H19N3O2/c1-12-13(5-4-6-16(12)19(20)21)11-17-14-7-9-15(10-8-14)18(2)3/h4-10,17H,11H2,1-3H3. The number of anilines is 2. The minimum absolute atomic E-state index is 0.164. The Labute approximate surface area is 124 Å². The summed E-state index contributed by atoms with van der Waals surface area (Å²) >= 11 is 0. The maximum absolute atomic E-state index is 10.9. The molecule has 2 rings (SSSR count). The fourth-order valence-corrected chi connectivity index (χ4v) is 2.13. The Hall–Kier alpha value is -2.56. The van der Waals surface area contributed by atoms with Crippen LogP contribution in [0.2, 0.25) is 0 Å². The monoisotopic (exact) mass is 285 g/mol. The summed E-state index contributed by atoms with van der Waals surface area (Å²) in [6.07, 6.45) is 0. The number of rotatable bonds is 5. The number of hydrogen-bond acceptors (Lipinski definition) is 4. The van der Waals surface area contributed by atoms with E-state index in [-0.39, 0.29) is 10.6 Å². The van der Waals surface area contributed by atoms with Crippen molar-refractivity contribution in [3.63, 3.8) is 0 Å². The first-order valence-corrected chi connectivity index (χ1v) is 6.73. The predicted molar refractivity (Wildman–Crippen MR) is 85.9 cm³/mol. The van der Waals surface area contributed by atoms with E-state index in [1.54, 1.807) is 13.0 Å². The van der Waals surface area contributed by atoms with Crippen LogP contribution in [-0.2, 0) is 6.54 Å². The molecule has 0 bridgehead atoms. The van der Waals surface area contributed by atoms with Crippen LogP contribution in [0.5, 0.6) is 0 Å². The van der Waals surface area contributed by atoms with Crippen LogP contribution in [0.3, 0.4) is 0 Å². The Kier molecular flexibility index (Phi) is 4.42. The van der Waals surface area contributed by atoms with E-state index in [4.69, 9.17) is 0 Å². The summed E-state index contributed by atoms with van der Waals surface area (Å²) in [5, 5.41) is 14.2. The van der Waals surface area contributed by atoms with E-state index in [1.165, 1.54) is 6.07 Å². The van der Waals surface area contributed by atoms with Gasteiger partial charge in [-0.05, 0) is 36.8 Å². The lowest BCUT2D eigenvalue weighted by molar-refractivity contribution is -0.385. The molecule has 0 saturated heterocycles. The van der Waals surface area contributed by atoms with Crippen LogP contribution in [0.15, 0.2) is 42.5 Å². The molecule has 2 aromatic carbocycles. The van der Waals surface area contributed by atoms with Crippen molar-refractivity contribution in [3.8, 4) is 0 Å². The smallest absolute Gasteiger partial charge is 0.272 e. The summed E-state index contributed by atoms with van der Waals surface area (Å²) in [5.41, 5.74) is 3.93. The van der Waals surface area contributed by atoms with Crippen molar-refractivity contribution >= 4 is 17.1 Å². The van der Waals surface area contributed by atoms with E-state index in [1.807, 2.05) is 49.3 Å². The molecule has 0 spiro atoms. The van der Waals surface area contributed by atoms with Crippen molar-refractivity contribution < 1.29 is 4.92 Å². The van der Waals surface area contributed by atoms with Crippen LogP contribution in [0.1, 0.15) is 11.1 Å². The van der Waals surface area contributed by atoms with Gasteiger partial charge in [0.05, 0.1) is 4.92 Å². The summed E-state index contributed by atoms with van der Waals surface area (Å²) < 4.78 is 0. The van der Waals surface area contributed by atoms with Gasteiger partial charge in [-0.3, -0.25) is 10.1 Å². The van der Waals surface area contributed by atoms with Gasteiger partial charge in [-0.15, -0.1) is 0 Å². The van der Waals surface area contributed by atoms with Crippen LogP contribution in [0.4, 0.5) is 17.1 Å². The average Bonchev–Trinajstić information content (AvgIpc) is 2.46. The molecule has 0 amide bonds. The van der Waals surface area contributed by atoms with Crippen molar-refractivity contribution in [1.29, 1.82) is 0 Å². The molecule has 21 heavy (non-hydrogen) atoms. The van der Waals surface area contributed by atoms with Crippen LogP contribution >= 0.6 is 0 Å². The van der Waals surface area contributed by atoms with Gasteiger partial charge in [-0.2, -0.15) is 0 Å². The molecular formula is C16H19N3O2. The topological polar surface area (TPSA) is 58.4 Å². The van der Waals surface area contributed by atoms with E-state index in [2.05, 4.69) is 5.32 Å². The summed E-state index contributed by atoms with van der Waals surface area (Å²) in [7, 11) is 3.99. The molecule has 0 aliphatic heterocycles. The number of nitro benzene ring substituents is 1. The fourth-order valence-electron chi connectivity index (χ4n) is 2.13. The predicted octanol–water partition coefficient (Wildman–Crippen LogP) is 3.58. The molecule has 0 heterocycles. The quantitative estimate of drug-likeness (QED) is 0.674. The first kappa shape index (κ1) is 14.8. The Morgan fingerprint density at radius 1 is 1.14 bits per heavy atom. The number of hydrogen-bond donors (Lipinski definition) is 1. The Morgan fingerprint density at radius 2 is 1.81 bits per heavy atom. The van der Waals surface area contributed by atoms with E-state index >= 15 is 0 Å². The highest BCUT2D eigenvalue weighted by Crippen LogP contribution is 2.22. The zero-order chi connectivity index (χ0) is 15.4. The highest BCUT2D eigenvalue weighted by atomic mass is 16.6. The van der Waals surface area contributed by atoms with Crippen molar-refractivity contribution in [2.24, 2.45) is 0 Å². The molecule has 2 aromatic rings. The number of benzene rings is 2. The molecule has 5 nitrogen and oxygen atoms in total. The zero-order valence-electron chi connectivity index (χ0n) is 12.5. The van der Waals surface area contributed by atoms with Gasteiger partial charge >= 0.3 is 0 Å². The van der Waals surface area contributed by atoms with Crippen LogP contribution in [0.25, 0.3) is 0 Å². The molecule has 110 valence electrons. The summed E-state index contributed by atoms with van der Waals surface area (Å²) in [4.78, 5) is 12.6. The third kappa shape index (κ3) is 3.51. The molecule has 0 unspecified atom stereocenters. The van der Waals surface area contributed by atoms with Gasteiger partial charge in [0.1, 0.15) is 0 Å². The minimum Gasteiger partial charge on any atom is -0.381 e. The first-order chi connectivity index (χ1) is 9.99. The molecule has 0 atom stereocenters. The van der Waals surface area contributed by atoms with Gasteiger partial charge < -0.3 is 10.2 Å². The highest BCUT2D eigenvalue weighted by molar-refractivity contribution is 5.55. The lowest BCUT2D eigenvalue weighted by Gasteiger charge is -2.14. The Bertz CT molecular complexity index is 636. The van der Waals surface area contributed by atoms with E-state index in [9.17, 15) is 10.1 Å². The molecule has 0 saturated carbocycles. The molecule has 0 aromatic heterocycles. The lowest BCUT2D eigenvalue weighted by Crippen LogP contribution is -2.08. The highest BCUT2D eigenvalue weighted by Gasteiger charge is 2.12. The summed E-state index contributed by atoms with van der Waals surface area (Å²) in [5.74, 6) is 0. The Morgan fingerprint density at radius 3 is 2.38 bits per heavy atom. The molecule has 0 aliphatic rings. The minimum atomic E-state index is -0.343. The van der Waals surface area contributed by atoms with Crippen LogP contribution < -0.4 is 10.2 Å². The second-order valence-electron chi connectivity index (χ2n) is 5.11. The largest absolute Gasteiger partial charge is 0.381 e. The lowest BCUT2D eigenvalue weighted by atomic mass is 10.1. The number of nitrogens with zero attached hydrogens (tertiary/aromatic N) is 2. The van der Waals surface area contributed by atoms with Gasteiger partial charge in [-0.25, -0.2) is 0 Å². The Balaban J connectivity index is 2.09. The van der Waals surface area contributed by atoms with Gasteiger partial charge in [0.2, 0.25) is 0 Å². The normalized spacial score (nSPS) is 10.2. The zero-order valence-corrected chi connectivity index (χ0v) is 12.5. The molecule has 5 heteroatoms. The van der Waals surface area contributed by atoms with Crippen molar-refractivity contribution in [1.82, 2.24) is 0 Å². The van der Waals surface area contributed by atoms with Gasteiger partial charge in [-0.1, -0.05) is 12.1 Å². The van der Waals surface area contributed by atoms with Crippen LogP contribution in [0, 0.1) is 17.0 Å². The van der Waals surface area contributed by atoms with Gasteiger partial charge in [0.25, 0.3) is 5.69 Å². The second-order valence-corrected chi connectivity index (χ2v) is 5.11. The number of nitrogens with one attached hydrogen (secondary N) is 1. The molecule has 0 radical (unpaired) electrons. The summed E-state index contributed by atoms with van der Waals surface area (Å²) in [6.45, 7) is 2.35. The van der Waals surface area contributed by atoms with Crippen molar-refractivity contribution in [3.05, 3.63) is 63.7 Å². The third-order valence-electron chi connectivity index (χ3n) is 3.48. The molecular weight excluding hydrogens is 266 g/mol. The van der Waals surface area contributed by atoms with Gasteiger partial charge in [0, 0.05) is 43.6 Å². The molecule has 0 fully saturated rings.